The Labute approximate surface area is 136 Å². The third-order valence-corrected chi connectivity index (χ3v) is 3.98. The van der Waals surface area contributed by atoms with Crippen molar-refractivity contribution in [2.45, 2.75) is 40.5 Å². The van der Waals surface area contributed by atoms with Crippen LogP contribution in [0.2, 0.25) is 0 Å². The summed E-state index contributed by atoms with van der Waals surface area (Å²) in [7, 11) is 0. The first kappa shape index (κ1) is 18.0. The highest BCUT2D eigenvalue weighted by molar-refractivity contribution is 9.10. The topological polar surface area (TPSA) is 40.5 Å². The van der Waals surface area contributed by atoms with Gasteiger partial charge in [-0.15, -0.1) is 0 Å². The average Bonchev–Trinajstić information content (AvgIpc) is 2.37. The molecule has 0 radical (unpaired) electrons. The van der Waals surface area contributed by atoms with Crippen molar-refractivity contribution in [3.8, 4) is 0 Å². The van der Waals surface area contributed by atoms with E-state index in [4.69, 9.17) is 0 Å². The van der Waals surface area contributed by atoms with Crippen LogP contribution in [0.4, 0.5) is 5.69 Å². The quantitative estimate of drug-likeness (QED) is 0.709. The zero-order chi connectivity index (χ0) is 16.0. The number of benzene rings is 1. The molecule has 0 unspecified atom stereocenters. The summed E-state index contributed by atoms with van der Waals surface area (Å²) in [6.45, 7) is 10.6. The van der Waals surface area contributed by atoms with Crippen molar-refractivity contribution >= 4 is 27.6 Å². The lowest BCUT2D eigenvalue weighted by atomic mass is 10.1. The highest BCUT2D eigenvalue weighted by atomic mass is 79.9. The predicted octanol–water partition coefficient (Wildman–Crippen LogP) is 5.05. The summed E-state index contributed by atoms with van der Waals surface area (Å²) < 4.78 is 0.918. The van der Waals surface area contributed by atoms with Crippen molar-refractivity contribution in [3.05, 3.63) is 28.2 Å². The molecule has 0 aliphatic rings. The Morgan fingerprint density at radius 1 is 1.14 bits per heavy atom. The molecule has 0 spiro atoms. The third kappa shape index (κ3) is 6.08. The van der Waals surface area contributed by atoms with Gasteiger partial charge in [-0.25, -0.2) is 4.79 Å². The van der Waals surface area contributed by atoms with Crippen LogP contribution in [-0.4, -0.2) is 24.2 Å². The van der Waals surface area contributed by atoms with E-state index in [-0.39, 0.29) is 0 Å². The molecule has 0 aromatic heterocycles. The summed E-state index contributed by atoms with van der Waals surface area (Å²) in [5, 5.41) is 9.42. The third-order valence-electron chi connectivity index (χ3n) is 3.48. The molecule has 0 bridgehead atoms. The van der Waals surface area contributed by atoms with Crippen molar-refractivity contribution in [1.82, 2.24) is 0 Å². The minimum atomic E-state index is -0.864. The van der Waals surface area contributed by atoms with Crippen LogP contribution in [0, 0.1) is 11.8 Å². The molecular weight excluding hydrogens is 330 g/mol. The molecule has 0 fully saturated rings. The molecule has 0 aliphatic heterocycles. The van der Waals surface area contributed by atoms with Crippen LogP contribution in [-0.2, 0) is 0 Å². The lowest BCUT2D eigenvalue weighted by Crippen LogP contribution is -2.29. The number of aromatic carboxylic acids is 1. The van der Waals surface area contributed by atoms with E-state index in [1.165, 1.54) is 0 Å². The Hall–Kier alpha value is -1.03. The van der Waals surface area contributed by atoms with E-state index < -0.39 is 5.97 Å². The highest BCUT2D eigenvalue weighted by Crippen LogP contribution is 2.27. The van der Waals surface area contributed by atoms with E-state index in [2.05, 4.69) is 48.5 Å². The molecule has 0 aliphatic carbocycles. The van der Waals surface area contributed by atoms with Gasteiger partial charge in [-0.3, -0.25) is 0 Å². The van der Waals surface area contributed by atoms with Crippen LogP contribution >= 0.6 is 15.9 Å². The number of carbonyl (C=O) groups is 1. The molecule has 4 heteroatoms. The van der Waals surface area contributed by atoms with Crippen LogP contribution in [0.1, 0.15) is 50.9 Å². The first-order valence-electron chi connectivity index (χ1n) is 7.59. The van der Waals surface area contributed by atoms with E-state index in [0.29, 0.717) is 17.4 Å². The highest BCUT2D eigenvalue weighted by Gasteiger charge is 2.17. The molecule has 0 atom stereocenters. The normalized spacial score (nSPS) is 11.2. The van der Waals surface area contributed by atoms with Crippen molar-refractivity contribution in [3.63, 3.8) is 0 Å². The number of carboxylic acid groups (broad SMARTS) is 1. The lowest BCUT2D eigenvalue weighted by molar-refractivity contribution is 0.0697. The molecule has 0 saturated heterocycles. The molecular formula is C17H26BrNO2. The van der Waals surface area contributed by atoms with Gasteiger partial charge in [0.15, 0.2) is 0 Å². The van der Waals surface area contributed by atoms with Gasteiger partial charge in [-0.05, 0) is 42.9 Å². The summed E-state index contributed by atoms with van der Waals surface area (Å²) in [5.41, 5.74) is 1.20. The Bertz CT molecular complexity index is 460. The Morgan fingerprint density at radius 2 is 1.67 bits per heavy atom. The number of rotatable bonds is 8. The summed E-state index contributed by atoms with van der Waals surface area (Å²) in [6, 6.07) is 5.39. The molecule has 1 aromatic rings. The van der Waals surface area contributed by atoms with E-state index in [1.807, 2.05) is 6.07 Å². The molecule has 1 N–H and O–H groups in total. The Balaban J connectivity index is 3.04. The standard InChI is InChI=1S/C17H26BrNO2/c1-12(2)7-9-19(10-8-13(3)4)16-11-14(18)5-6-15(16)17(20)21/h5-6,11-13H,7-10H2,1-4H3,(H,20,21). The first-order valence-corrected chi connectivity index (χ1v) is 8.38. The fraction of sp³-hybridized carbons (Fsp3) is 0.588. The van der Waals surface area contributed by atoms with E-state index in [1.54, 1.807) is 12.1 Å². The number of hydrogen-bond acceptors (Lipinski definition) is 2. The number of hydrogen-bond donors (Lipinski definition) is 1. The number of carboxylic acids is 1. The minimum absolute atomic E-state index is 0.380. The summed E-state index contributed by atoms with van der Waals surface area (Å²) in [5.74, 6) is 0.343. The van der Waals surface area contributed by atoms with E-state index >= 15 is 0 Å². The molecule has 0 heterocycles. The van der Waals surface area contributed by atoms with Gasteiger partial charge < -0.3 is 10.0 Å². The Morgan fingerprint density at radius 3 is 2.10 bits per heavy atom. The van der Waals surface area contributed by atoms with Gasteiger partial charge in [-0.2, -0.15) is 0 Å². The number of nitrogens with zero attached hydrogens (tertiary/aromatic N) is 1. The fourth-order valence-electron chi connectivity index (χ4n) is 2.13. The summed E-state index contributed by atoms with van der Waals surface area (Å²) in [4.78, 5) is 13.7. The SMILES string of the molecule is CC(C)CCN(CCC(C)C)c1cc(Br)ccc1C(=O)O. The molecule has 3 nitrogen and oxygen atoms in total. The van der Waals surface area contributed by atoms with Crippen LogP contribution in [0.15, 0.2) is 22.7 Å². The van der Waals surface area contributed by atoms with Gasteiger partial charge in [0.1, 0.15) is 0 Å². The molecule has 118 valence electrons. The fourth-order valence-corrected chi connectivity index (χ4v) is 2.48. The second-order valence-electron chi connectivity index (χ2n) is 6.32. The maximum absolute atomic E-state index is 11.5. The lowest BCUT2D eigenvalue weighted by Gasteiger charge is -2.28. The van der Waals surface area contributed by atoms with Crippen molar-refractivity contribution in [1.29, 1.82) is 0 Å². The van der Waals surface area contributed by atoms with Gasteiger partial charge in [0, 0.05) is 17.6 Å². The van der Waals surface area contributed by atoms with Gasteiger partial charge in [-0.1, -0.05) is 43.6 Å². The predicted molar refractivity (Wildman–Crippen MR) is 92.2 cm³/mol. The first-order chi connectivity index (χ1) is 9.81. The number of anilines is 1. The molecule has 0 amide bonds. The Kier molecular flexibility index (Phi) is 7.23. The maximum Gasteiger partial charge on any atom is 0.337 e. The van der Waals surface area contributed by atoms with Gasteiger partial charge in [0.2, 0.25) is 0 Å². The zero-order valence-electron chi connectivity index (χ0n) is 13.4. The maximum atomic E-state index is 11.5. The van der Waals surface area contributed by atoms with Crippen LogP contribution < -0.4 is 4.90 Å². The van der Waals surface area contributed by atoms with Crippen molar-refractivity contribution in [2.24, 2.45) is 11.8 Å². The molecule has 21 heavy (non-hydrogen) atoms. The smallest absolute Gasteiger partial charge is 0.337 e. The van der Waals surface area contributed by atoms with Crippen molar-refractivity contribution in [2.75, 3.05) is 18.0 Å². The van der Waals surface area contributed by atoms with Gasteiger partial charge in [0.05, 0.1) is 11.3 Å². The minimum Gasteiger partial charge on any atom is -0.478 e. The van der Waals surface area contributed by atoms with Crippen LogP contribution in [0.25, 0.3) is 0 Å². The van der Waals surface area contributed by atoms with Gasteiger partial charge >= 0.3 is 5.97 Å². The summed E-state index contributed by atoms with van der Waals surface area (Å²) in [6.07, 6.45) is 2.12. The van der Waals surface area contributed by atoms with Crippen LogP contribution in [0.5, 0.6) is 0 Å². The van der Waals surface area contributed by atoms with Crippen molar-refractivity contribution < 1.29 is 9.90 Å². The largest absolute Gasteiger partial charge is 0.478 e. The van der Waals surface area contributed by atoms with E-state index in [9.17, 15) is 9.90 Å². The average molecular weight is 356 g/mol. The molecule has 1 aromatic carbocycles. The number of halogens is 1. The second kappa shape index (κ2) is 8.42. The van der Waals surface area contributed by atoms with Crippen LogP contribution in [0.3, 0.4) is 0 Å². The molecule has 1 rings (SSSR count). The second-order valence-corrected chi connectivity index (χ2v) is 7.23. The van der Waals surface area contributed by atoms with Gasteiger partial charge in [0.25, 0.3) is 0 Å². The molecule has 0 saturated carbocycles. The summed E-state index contributed by atoms with van der Waals surface area (Å²) >= 11 is 3.45. The van der Waals surface area contributed by atoms with E-state index in [0.717, 1.165) is 36.1 Å². The zero-order valence-corrected chi connectivity index (χ0v) is 15.0. The monoisotopic (exact) mass is 355 g/mol.